The number of hydrogen-bond acceptors (Lipinski definition) is 4. The van der Waals surface area contributed by atoms with Crippen molar-refractivity contribution in [3.8, 4) is 0 Å². The second kappa shape index (κ2) is 11.6. The lowest BCUT2D eigenvalue weighted by Gasteiger charge is -2.32. The fourth-order valence-electron chi connectivity index (χ4n) is 2.05. The summed E-state index contributed by atoms with van der Waals surface area (Å²) in [4.78, 5) is 0. The van der Waals surface area contributed by atoms with Crippen LogP contribution < -0.4 is 5.32 Å². The summed E-state index contributed by atoms with van der Waals surface area (Å²) >= 11 is 0. The Morgan fingerprint density at radius 3 is 2.53 bits per heavy atom. The third kappa shape index (κ3) is 8.58. The van der Waals surface area contributed by atoms with Crippen LogP contribution in [-0.2, 0) is 9.47 Å². The predicted molar refractivity (Wildman–Crippen MR) is 79.5 cm³/mol. The molecular weight excluding hydrogens is 242 g/mol. The Morgan fingerprint density at radius 2 is 2.00 bits per heavy atom. The normalized spacial score (nSPS) is 16.3. The number of aliphatic hydroxyl groups excluding tert-OH is 1. The minimum absolute atomic E-state index is 0.136. The molecule has 2 N–H and O–H groups in total. The zero-order valence-corrected chi connectivity index (χ0v) is 13.2. The fourth-order valence-corrected chi connectivity index (χ4v) is 2.05. The van der Waals surface area contributed by atoms with Gasteiger partial charge in [-0.25, -0.2) is 0 Å². The first-order valence-corrected chi connectivity index (χ1v) is 7.69. The highest BCUT2D eigenvalue weighted by Crippen LogP contribution is 2.17. The summed E-state index contributed by atoms with van der Waals surface area (Å²) in [6, 6.07) is 0. The molecule has 2 unspecified atom stereocenters. The maximum absolute atomic E-state index is 9.60. The van der Waals surface area contributed by atoms with E-state index in [9.17, 15) is 5.11 Å². The summed E-state index contributed by atoms with van der Waals surface area (Å²) in [6.07, 6.45) is 4.08. The molecule has 116 valence electrons. The molecule has 0 aliphatic rings. The molecule has 4 heteroatoms. The highest BCUT2D eigenvalue weighted by Gasteiger charge is 2.25. The third-order valence-electron chi connectivity index (χ3n) is 3.49. The van der Waals surface area contributed by atoms with Gasteiger partial charge in [0.1, 0.15) is 0 Å². The van der Waals surface area contributed by atoms with Crippen molar-refractivity contribution in [2.45, 2.75) is 65.0 Å². The maximum Gasteiger partial charge on any atom is 0.0780 e. The Balaban J connectivity index is 3.86. The van der Waals surface area contributed by atoms with Crippen LogP contribution in [0.4, 0.5) is 0 Å². The van der Waals surface area contributed by atoms with Crippen molar-refractivity contribution < 1.29 is 14.6 Å². The highest BCUT2D eigenvalue weighted by molar-refractivity contribution is 4.85. The van der Waals surface area contributed by atoms with Crippen molar-refractivity contribution >= 4 is 0 Å². The minimum Gasteiger partial charge on any atom is -0.394 e. The molecule has 0 aliphatic heterocycles. The summed E-state index contributed by atoms with van der Waals surface area (Å²) < 4.78 is 11.0. The van der Waals surface area contributed by atoms with Gasteiger partial charge in [0.2, 0.25) is 0 Å². The first kappa shape index (κ1) is 18.8. The SMILES string of the molecule is CCCNC(CC)(CO)CCCOC(C)COCC. The number of ether oxygens (including phenoxy) is 2. The smallest absolute Gasteiger partial charge is 0.0780 e. The van der Waals surface area contributed by atoms with E-state index in [0.29, 0.717) is 6.61 Å². The minimum atomic E-state index is -0.136. The Kier molecular flexibility index (Phi) is 11.6. The molecule has 0 rings (SSSR count). The molecule has 0 saturated carbocycles. The van der Waals surface area contributed by atoms with E-state index in [1.807, 2.05) is 13.8 Å². The van der Waals surface area contributed by atoms with Crippen molar-refractivity contribution in [1.29, 1.82) is 0 Å². The van der Waals surface area contributed by atoms with E-state index < -0.39 is 0 Å². The van der Waals surface area contributed by atoms with Gasteiger partial charge in [-0.05, 0) is 46.1 Å². The van der Waals surface area contributed by atoms with Crippen LogP contribution in [0, 0.1) is 0 Å². The molecule has 2 atom stereocenters. The van der Waals surface area contributed by atoms with Crippen LogP contribution in [0.5, 0.6) is 0 Å². The van der Waals surface area contributed by atoms with E-state index in [2.05, 4.69) is 19.2 Å². The van der Waals surface area contributed by atoms with Gasteiger partial charge in [0.05, 0.1) is 19.3 Å². The maximum atomic E-state index is 9.60. The second-order valence-electron chi connectivity index (χ2n) is 5.16. The zero-order valence-electron chi connectivity index (χ0n) is 13.2. The van der Waals surface area contributed by atoms with Crippen molar-refractivity contribution in [3.63, 3.8) is 0 Å². The molecule has 0 radical (unpaired) electrons. The molecule has 0 aromatic heterocycles. The molecule has 0 aromatic carbocycles. The first-order chi connectivity index (χ1) is 9.14. The first-order valence-electron chi connectivity index (χ1n) is 7.69. The molecule has 0 saturated heterocycles. The molecular formula is C15H33NO3. The van der Waals surface area contributed by atoms with Crippen LogP contribution in [0.25, 0.3) is 0 Å². The van der Waals surface area contributed by atoms with Gasteiger partial charge in [-0.1, -0.05) is 13.8 Å². The van der Waals surface area contributed by atoms with Crippen molar-refractivity contribution in [1.82, 2.24) is 5.32 Å². The summed E-state index contributed by atoms with van der Waals surface area (Å²) in [5.74, 6) is 0. The van der Waals surface area contributed by atoms with Crippen LogP contribution in [0.3, 0.4) is 0 Å². The van der Waals surface area contributed by atoms with Gasteiger partial charge in [-0.2, -0.15) is 0 Å². The zero-order chi connectivity index (χ0) is 14.6. The standard InChI is InChI=1S/C15H33NO3/c1-5-10-16-15(6-2,13-17)9-8-11-19-14(4)12-18-7-3/h14,16-17H,5-13H2,1-4H3. The Bertz CT molecular complexity index is 196. The van der Waals surface area contributed by atoms with E-state index in [1.54, 1.807) is 0 Å². The fraction of sp³-hybridized carbons (Fsp3) is 1.00. The molecule has 0 bridgehead atoms. The van der Waals surface area contributed by atoms with Crippen LogP contribution in [0.15, 0.2) is 0 Å². The van der Waals surface area contributed by atoms with Gasteiger partial charge in [0.15, 0.2) is 0 Å². The van der Waals surface area contributed by atoms with Gasteiger partial charge in [0.25, 0.3) is 0 Å². The second-order valence-corrected chi connectivity index (χ2v) is 5.16. The summed E-state index contributed by atoms with van der Waals surface area (Å²) in [5, 5.41) is 13.1. The average molecular weight is 275 g/mol. The third-order valence-corrected chi connectivity index (χ3v) is 3.49. The van der Waals surface area contributed by atoms with Crippen molar-refractivity contribution in [2.75, 3.05) is 33.0 Å². The van der Waals surface area contributed by atoms with Crippen LogP contribution in [0.2, 0.25) is 0 Å². The summed E-state index contributed by atoms with van der Waals surface area (Å²) in [7, 11) is 0. The van der Waals surface area contributed by atoms with E-state index in [0.717, 1.165) is 45.4 Å². The molecule has 0 fully saturated rings. The summed E-state index contributed by atoms with van der Waals surface area (Å²) in [6.45, 7) is 11.5. The van der Waals surface area contributed by atoms with Gasteiger partial charge in [0, 0.05) is 18.8 Å². The highest BCUT2D eigenvalue weighted by atomic mass is 16.5. The van der Waals surface area contributed by atoms with Gasteiger partial charge in [-0.15, -0.1) is 0 Å². The van der Waals surface area contributed by atoms with Gasteiger partial charge < -0.3 is 19.9 Å². The molecule has 0 aromatic rings. The number of rotatable bonds is 13. The van der Waals surface area contributed by atoms with Gasteiger partial charge in [-0.3, -0.25) is 0 Å². The molecule has 0 spiro atoms. The Hall–Kier alpha value is -0.160. The quantitative estimate of drug-likeness (QED) is 0.507. The lowest BCUT2D eigenvalue weighted by molar-refractivity contribution is -0.00737. The number of nitrogens with one attached hydrogen (secondary N) is 1. The van der Waals surface area contributed by atoms with Gasteiger partial charge >= 0.3 is 0 Å². The average Bonchev–Trinajstić information content (AvgIpc) is 2.45. The number of hydrogen-bond donors (Lipinski definition) is 2. The van der Waals surface area contributed by atoms with Crippen molar-refractivity contribution in [2.24, 2.45) is 0 Å². The molecule has 19 heavy (non-hydrogen) atoms. The topological polar surface area (TPSA) is 50.7 Å². The van der Waals surface area contributed by atoms with E-state index in [1.165, 1.54) is 0 Å². The van der Waals surface area contributed by atoms with Crippen LogP contribution in [-0.4, -0.2) is 49.7 Å². The molecule has 0 aliphatic carbocycles. The van der Waals surface area contributed by atoms with E-state index >= 15 is 0 Å². The largest absolute Gasteiger partial charge is 0.394 e. The lowest BCUT2D eigenvalue weighted by atomic mass is 9.91. The molecule has 0 heterocycles. The summed E-state index contributed by atoms with van der Waals surface area (Å²) in [5.41, 5.74) is -0.136. The van der Waals surface area contributed by atoms with Crippen LogP contribution in [0.1, 0.15) is 53.4 Å². The predicted octanol–water partition coefficient (Wildman–Crippen LogP) is 2.35. The lowest BCUT2D eigenvalue weighted by Crippen LogP contribution is -2.48. The Labute approximate surface area is 118 Å². The monoisotopic (exact) mass is 275 g/mol. The number of aliphatic hydroxyl groups is 1. The van der Waals surface area contributed by atoms with Crippen LogP contribution >= 0.6 is 0 Å². The molecule has 4 nitrogen and oxygen atoms in total. The van der Waals surface area contributed by atoms with Crippen molar-refractivity contribution in [3.05, 3.63) is 0 Å². The Morgan fingerprint density at radius 1 is 1.26 bits per heavy atom. The van der Waals surface area contributed by atoms with E-state index in [-0.39, 0.29) is 18.2 Å². The molecule has 0 amide bonds. The van der Waals surface area contributed by atoms with E-state index in [4.69, 9.17) is 9.47 Å².